The van der Waals surface area contributed by atoms with Gasteiger partial charge in [0, 0.05) is 6.04 Å². The highest BCUT2D eigenvalue weighted by atomic mass is 31.2. The Bertz CT molecular complexity index is 1190. The second-order valence-corrected chi connectivity index (χ2v) is 12.4. The second-order valence-electron chi connectivity index (χ2n) is 8.39. The van der Waals surface area contributed by atoms with Crippen LogP contribution < -0.4 is 5.32 Å². The molecule has 4 rings (SSSR count). The Morgan fingerprint density at radius 3 is 2.56 bits per heavy atom. The molecule has 186 valence electrons. The summed E-state index contributed by atoms with van der Waals surface area (Å²) in [5.74, 6) is -1.05. The van der Waals surface area contributed by atoms with Crippen LogP contribution in [0.1, 0.15) is 43.3 Å². The molecule has 1 aliphatic carbocycles. The number of rotatable bonds is 8. The molecular weight excluding hydrogens is 492 g/mol. The summed E-state index contributed by atoms with van der Waals surface area (Å²) in [4.78, 5) is 31.7. The van der Waals surface area contributed by atoms with Crippen LogP contribution in [0.4, 0.5) is 5.82 Å². The van der Waals surface area contributed by atoms with Crippen molar-refractivity contribution in [1.82, 2.24) is 14.6 Å². The minimum absolute atomic E-state index is 0.114. The fourth-order valence-electron chi connectivity index (χ4n) is 4.24. The van der Waals surface area contributed by atoms with Gasteiger partial charge in [0.15, 0.2) is 11.7 Å². The maximum absolute atomic E-state index is 11.9. The van der Waals surface area contributed by atoms with Crippen molar-refractivity contribution < 1.29 is 43.3 Å². The number of aromatic nitrogens is 3. The first-order chi connectivity index (χ1) is 16.0. The molecule has 34 heavy (non-hydrogen) atoms. The van der Waals surface area contributed by atoms with E-state index in [0.717, 1.165) is 25.7 Å². The van der Waals surface area contributed by atoms with Crippen molar-refractivity contribution in [3.63, 3.8) is 0 Å². The summed E-state index contributed by atoms with van der Waals surface area (Å²) in [6, 6.07) is 5.39. The van der Waals surface area contributed by atoms with Gasteiger partial charge in [0.2, 0.25) is 0 Å². The van der Waals surface area contributed by atoms with Crippen LogP contribution >= 0.6 is 15.2 Å². The summed E-state index contributed by atoms with van der Waals surface area (Å²) in [6.45, 7) is -0.696. The van der Waals surface area contributed by atoms with Gasteiger partial charge in [-0.2, -0.15) is 10.2 Å². The van der Waals surface area contributed by atoms with Gasteiger partial charge in [0.25, 0.3) is 5.82 Å². The molecule has 3 heterocycles. The third-order valence-electron chi connectivity index (χ3n) is 5.79. The Labute approximate surface area is 193 Å². The van der Waals surface area contributed by atoms with Crippen LogP contribution in [-0.2, 0) is 18.4 Å². The van der Waals surface area contributed by atoms with Crippen LogP contribution in [0.2, 0.25) is 0 Å². The maximum Gasteiger partial charge on any atom is 0.340 e. The van der Waals surface area contributed by atoms with Crippen molar-refractivity contribution in [3.8, 4) is 6.07 Å². The number of anilines is 1. The number of hydrogen-bond donors (Lipinski definition) is 6. The van der Waals surface area contributed by atoms with Crippen LogP contribution in [0.5, 0.6) is 0 Å². The molecule has 16 heteroatoms. The molecule has 2 aromatic rings. The highest BCUT2D eigenvalue weighted by molar-refractivity contribution is 7.70. The van der Waals surface area contributed by atoms with Gasteiger partial charge in [-0.3, -0.25) is 9.13 Å². The highest BCUT2D eigenvalue weighted by Crippen LogP contribution is 2.55. The van der Waals surface area contributed by atoms with Gasteiger partial charge in [-0.25, -0.2) is 4.52 Å². The Morgan fingerprint density at radius 1 is 1.21 bits per heavy atom. The van der Waals surface area contributed by atoms with Gasteiger partial charge >= 0.3 is 15.2 Å². The summed E-state index contributed by atoms with van der Waals surface area (Å²) < 4.78 is 34.7. The van der Waals surface area contributed by atoms with Crippen molar-refractivity contribution in [2.75, 3.05) is 17.8 Å². The van der Waals surface area contributed by atoms with E-state index in [9.17, 15) is 29.5 Å². The number of nitrogens with one attached hydrogen (secondary N) is 1. The lowest BCUT2D eigenvalue weighted by atomic mass is 10.1. The molecule has 1 saturated carbocycles. The maximum atomic E-state index is 11.9. The Hall–Kier alpha value is -1.91. The molecule has 1 unspecified atom stereocenters. The number of aliphatic hydroxyl groups is 2. The lowest BCUT2D eigenvalue weighted by molar-refractivity contribution is -0.0203. The zero-order chi connectivity index (χ0) is 24.7. The first-order valence-electron chi connectivity index (χ1n) is 10.6. The van der Waals surface area contributed by atoms with Crippen LogP contribution in [0.25, 0.3) is 5.52 Å². The molecular formula is C18H25N5O9P2. The van der Waals surface area contributed by atoms with Crippen molar-refractivity contribution >= 4 is 26.5 Å². The Kier molecular flexibility index (Phi) is 7.13. The second kappa shape index (κ2) is 9.62. The van der Waals surface area contributed by atoms with Gasteiger partial charge < -0.3 is 39.5 Å². The first-order valence-corrected chi connectivity index (χ1v) is 14.1. The molecule has 14 nitrogen and oxygen atoms in total. The fraction of sp³-hybridized carbons (Fsp3) is 0.611. The Balaban J connectivity index is 1.56. The number of hydrogen-bond acceptors (Lipinski definition) is 10. The molecule has 1 saturated heterocycles. The van der Waals surface area contributed by atoms with Gasteiger partial charge in [-0.1, -0.05) is 12.8 Å². The third-order valence-corrected chi connectivity index (χ3v) is 9.25. The molecule has 2 aliphatic rings. The van der Waals surface area contributed by atoms with E-state index in [1.807, 2.05) is 6.07 Å². The summed E-state index contributed by atoms with van der Waals surface area (Å²) >= 11 is 0. The van der Waals surface area contributed by atoms with Crippen LogP contribution in [-0.4, -0.2) is 76.4 Å². The van der Waals surface area contributed by atoms with Gasteiger partial charge in [0.1, 0.15) is 36.0 Å². The number of nitriles is 1. The normalized spacial score (nSPS) is 27.6. The Morgan fingerprint density at radius 2 is 1.91 bits per heavy atom. The third kappa shape index (κ3) is 5.49. The lowest BCUT2D eigenvalue weighted by Gasteiger charge is -2.18. The van der Waals surface area contributed by atoms with Crippen molar-refractivity contribution in [2.45, 2.75) is 56.1 Å². The van der Waals surface area contributed by atoms with E-state index >= 15 is 0 Å². The molecule has 0 amide bonds. The zero-order valence-electron chi connectivity index (χ0n) is 17.8. The van der Waals surface area contributed by atoms with E-state index in [2.05, 4.69) is 15.4 Å². The predicted octanol–water partition coefficient (Wildman–Crippen LogP) is 0.454. The van der Waals surface area contributed by atoms with E-state index in [0.29, 0.717) is 17.0 Å². The van der Waals surface area contributed by atoms with Crippen molar-refractivity contribution in [3.05, 3.63) is 23.7 Å². The van der Waals surface area contributed by atoms with Gasteiger partial charge in [0.05, 0.1) is 12.3 Å². The average Bonchev–Trinajstić information content (AvgIpc) is 3.46. The molecule has 0 spiro atoms. The number of nitrogens with zero attached hydrogens (tertiary/aromatic N) is 4. The summed E-state index contributed by atoms with van der Waals surface area (Å²) in [5, 5.41) is 37.8. The van der Waals surface area contributed by atoms with E-state index in [1.165, 1.54) is 4.52 Å². The number of ether oxygens (including phenoxy) is 1. The smallest absolute Gasteiger partial charge is 0.340 e. The largest absolute Gasteiger partial charge is 0.387 e. The first kappa shape index (κ1) is 25.2. The van der Waals surface area contributed by atoms with E-state index in [1.54, 1.807) is 12.1 Å². The highest BCUT2D eigenvalue weighted by Gasteiger charge is 2.46. The van der Waals surface area contributed by atoms with Crippen LogP contribution in [0, 0.1) is 11.3 Å². The monoisotopic (exact) mass is 517 g/mol. The van der Waals surface area contributed by atoms with Crippen molar-refractivity contribution in [1.29, 1.82) is 5.26 Å². The zero-order valence-corrected chi connectivity index (χ0v) is 19.6. The van der Waals surface area contributed by atoms with E-state index < -0.39 is 52.1 Å². The van der Waals surface area contributed by atoms with Gasteiger partial charge in [-0.15, -0.1) is 5.10 Å². The molecule has 6 N–H and O–H groups in total. The molecule has 0 aromatic carbocycles. The summed E-state index contributed by atoms with van der Waals surface area (Å²) in [6.07, 6.45) is -1.27. The summed E-state index contributed by atoms with van der Waals surface area (Å²) in [7, 11) is -9.49. The molecule has 0 bridgehead atoms. The van der Waals surface area contributed by atoms with Crippen molar-refractivity contribution in [2.24, 2.45) is 0 Å². The lowest BCUT2D eigenvalue weighted by Crippen LogP contribution is -2.33. The van der Waals surface area contributed by atoms with Crippen LogP contribution in [0.3, 0.4) is 0 Å². The minimum atomic E-state index is -4.82. The average molecular weight is 517 g/mol. The predicted molar refractivity (Wildman–Crippen MR) is 116 cm³/mol. The quantitative estimate of drug-likeness (QED) is 0.262. The van der Waals surface area contributed by atoms with Gasteiger partial charge in [-0.05, 0) is 25.0 Å². The van der Waals surface area contributed by atoms with Crippen LogP contribution in [0.15, 0.2) is 12.1 Å². The topological polar surface area (TPSA) is 220 Å². The summed E-state index contributed by atoms with van der Waals surface area (Å²) in [5.41, 5.74) is 0.840. The molecule has 5 atom stereocenters. The molecule has 2 aromatic heterocycles. The number of fused-ring (bicyclic) bond motifs is 1. The minimum Gasteiger partial charge on any atom is -0.387 e. The molecule has 2 fully saturated rings. The fourth-order valence-corrected chi connectivity index (χ4v) is 6.81. The van der Waals surface area contributed by atoms with E-state index in [4.69, 9.17) is 19.0 Å². The standard InChI is InChI=1S/C18H25N5O9P2/c19-7-14-21-18(20-10-3-1-2-4-10)12-6-5-11(23(12)22-14)17-16(25)15(24)13(32-17)8-31-34(29,30)9-33(26,27)28/h5-6,10,13,15-17,24-25H,1-4,8-9H2,(H,29,30)(H,20,21,22)(H2,26,27,28)/t13-,15-,16-,17+/m1/s1. The molecule has 0 radical (unpaired) electrons. The molecule has 1 aliphatic heterocycles. The SMILES string of the molecule is N#Cc1nc(NC2CCCC2)c2ccc([C@@H]3O[C@H](COP(=O)(O)CP(=O)(O)O)[C@@H](O)[C@H]3O)n2n1. The number of aliphatic hydroxyl groups excluding tert-OH is 2. The van der Waals surface area contributed by atoms with E-state index in [-0.39, 0.29) is 11.9 Å².